The van der Waals surface area contributed by atoms with Gasteiger partial charge in [-0.25, -0.2) is 0 Å². The van der Waals surface area contributed by atoms with Crippen molar-refractivity contribution in [1.82, 2.24) is 21.3 Å². The quantitative estimate of drug-likeness (QED) is 0.0137. The van der Waals surface area contributed by atoms with Crippen molar-refractivity contribution < 1.29 is 39.6 Å². The first-order valence-electron chi connectivity index (χ1n) is 41.8. The molecule has 2 fully saturated rings. The highest BCUT2D eigenvalue weighted by Crippen LogP contribution is 2.50. The number of benzene rings is 8. The molecule has 4 atom stereocenters. The molecule has 12 nitrogen and oxygen atoms in total. The van der Waals surface area contributed by atoms with Crippen LogP contribution in [0.5, 0.6) is 0 Å². The number of amides is 4. The molecule has 0 aromatic heterocycles. The molecule has 2 aliphatic rings. The molecule has 0 radical (unpaired) electrons. The maximum Gasteiger partial charge on any atom is 0.236 e. The molecule has 0 heterocycles. The molecule has 0 aliphatic heterocycles. The number of hydrogen-bond donors (Lipinski definition) is 8. The van der Waals surface area contributed by atoms with Crippen LogP contribution in [0.4, 0.5) is 0 Å². The molecule has 0 unspecified atom stereocenters. The Kier molecular flexibility index (Phi) is 30.1. The van der Waals surface area contributed by atoms with Crippen molar-refractivity contribution in [3.8, 4) is 0 Å². The first-order valence-corrected chi connectivity index (χ1v) is 41.8. The van der Waals surface area contributed by atoms with Crippen LogP contribution in [0.15, 0.2) is 170 Å². The zero-order valence-corrected chi connectivity index (χ0v) is 67.6. The van der Waals surface area contributed by atoms with E-state index in [1.165, 1.54) is 0 Å². The summed E-state index contributed by atoms with van der Waals surface area (Å²) in [5.74, 6) is -0.733. The lowest BCUT2D eigenvalue weighted by Crippen LogP contribution is -2.60. The van der Waals surface area contributed by atoms with Gasteiger partial charge < -0.3 is 41.7 Å². The van der Waals surface area contributed by atoms with Crippen molar-refractivity contribution in [3.63, 3.8) is 0 Å². The number of carbonyl (C=O) groups excluding carboxylic acids is 4. The van der Waals surface area contributed by atoms with E-state index < -0.39 is 57.4 Å². The minimum atomic E-state index is -1.33. The van der Waals surface area contributed by atoms with Crippen LogP contribution in [0.2, 0.25) is 0 Å². The van der Waals surface area contributed by atoms with Crippen molar-refractivity contribution in [2.24, 2.45) is 34.5 Å². The molecule has 2 saturated carbocycles. The molecule has 8 aromatic rings. The summed E-state index contributed by atoms with van der Waals surface area (Å²) < 4.78 is 0. The highest BCUT2D eigenvalue weighted by Gasteiger charge is 2.57. The summed E-state index contributed by atoms with van der Waals surface area (Å²) in [4.78, 5) is 60.0. The second kappa shape index (κ2) is 38.4. The Morgan fingerprint density at radius 2 is 0.509 bits per heavy atom. The maximum absolute atomic E-state index is 15.1. The van der Waals surface area contributed by atoms with Gasteiger partial charge in [-0.2, -0.15) is 0 Å². The van der Waals surface area contributed by atoms with Crippen LogP contribution < -0.4 is 21.3 Å². The van der Waals surface area contributed by atoms with Crippen LogP contribution in [0.25, 0.3) is 43.1 Å². The average Bonchev–Trinajstić information content (AvgIpc) is 0.755. The molecule has 4 amide bonds. The summed E-state index contributed by atoms with van der Waals surface area (Å²) in [5.41, 5.74) is -4.09. The minimum absolute atomic E-state index is 0.167. The van der Waals surface area contributed by atoms with Crippen LogP contribution in [-0.2, 0) is 19.2 Å². The predicted octanol–water partition coefficient (Wildman–Crippen LogP) is 21.8. The Bertz CT molecular complexity index is 3900. The third kappa shape index (κ3) is 20.0. The zero-order chi connectivity index (χ0) is 77.9. The van der Waals surface area contributed by atoms with Crippen molar-refractivity contribution in [1.29, 1.82) is 0 Å². The van der Waals surface area contributed by atoms with E-state index in [-0.39, 0.29) is 47.3 Å². The fourth-order valence-corrected chi connectivity index (χ4v) is 18.3. The Morgan fingerprint density at radius 1 is 0.306 bits per heavy atom. The van der Waals surface area contributed by atoms with Crippen molar-refractivity contribution in [2.75, 3.05) is 0 Å². The standard InChI is InChI=1S/C50H70N2O4.C46H62N2O4/c1-5-9-17-34-49(55,35-18-10-6-2)44(42-30-21-26-38-24-13-15-28-40(38)42)51-46(53)48(32-23-33-48)47(54)52-45(43-31-22-27-39-25-14-16-29-41(39)43)50(56,36-19-11-7-3)37-20-12-8-4;1-30(2)26-45(51,27-31(3)4)40(38-22-13-18-34-16-9-11-20-36(34)38)47-42(49)44(24-15-25-44)43(50)48-41(46(52,28-32(5)6)29-33(7)8)39-23-14-19-35-17-10-12-21-37(35)39/h13-16,21-22,24-31,44-45,55-56H,5-12,17-20,23,32-37H2,1-4H3,(H,51,53)(H,52,54);9-14,16-23,30-33,40-41,51-52H,15,24-29H2,1-8H3,(H,47,49)(H,48,50)/t44-,45-;40-,41-/m00/s1. The number of fused-ring (bicyclic) bond motifs is 4. The van der Waals surface area contributed by atoms with Crippen molar-refractivity contribution in [3.05, 3.63) is 192 Å². The van der Waals surface area contributed by atoms with Gasteiger partial charge in [0.25, 0.3) is 0 Å². The highest BCUT2D eigenvalue weighted by molar-refractivity contribution is 6.08. The van der Waals surface area contributed by atoms with Crippen molar-refractivity contribution >= 4 is 66.7 Å². The molecule has 584 valence electrons. The van der Waals surface area contributed by atoms with E-state index in [1.54, 1.807) is 0 Å². The topological polar surface area (TPSA) is 197 Å². The van der Waals surface area contributed by atoms with E-state index in [9.17, 15) is 30.0 Å². The van der Waals surface area contributed by atoms with Gasteiger partial charge in [-0.15, -0.1) is 0 Å². The van der Waals surface area contributed by atoms with E-state index in [1.807, 2.05) is 133 Å². The van der Waals surface area contributed by atoms with E-state index in [4.69, 9.17) is 0 Å². The fraction of sp³-hybridized carbons (Fsp3) is 0.542. The molecular weight excluding hydrogens is 1340 g/mol. The number of unbranched alkanes of at least 4 members (excludes halogenated alkanes) is 8. The lowest BCUT2D eigenvalue weighted by Gasteiger charge is -2.46. The Balaban J connectivity index is 0.000000250. The second-order valence-electron chi connectivity index (χ2n) is 34.4. The normalized spacial score (nSPS) is 15.7. The summed E-state index contributed by atoms with van der Waals surface area (Å²) in [5, 5.41) is 72.6. The van der Waals surface area contributed by atoms with Crippen molar-refractivity contribution in [2.45, 2.75) is 297 Å². The highest BCUT2D eigenvalue weighted by atomic mass is 16.3. The van der Waals surface area contributed by atoms with Gasteiger partial charge in [0.1, 0.15) is 10.8 Å². The van der Waals surface area contributed by atoms with Gasteiger partial charge in [0.2, 0.25) is 23.6 Å². The number of carbonyl (C=O) groups is 4. The molecule has 12 heteroatoms. The van der Waals surface area contributed by atoms with Gasteiger partial charge in [0.05, 0.1) is 46.6 Å². The van der Waals surface area contributed by atoms with Gasteiger partial charge >= 0.3 is 0 Å². The van der Waals surface area contributed by atoms with Gasteiger partial charge in [0.15, 0.2) is 0 Å². The van der Waals surface area contributed by atoms with Crippen LogP contribution in [0, 0.1) is 34.5 Å². The average molecular weight is 1470 g/mol. The lowest BCUT2D eigenvalue weighted by atomic mass is 9.66. The Morgan fingerprint density at radius 3 is 0.704 bits per heavy atom. The molecule has 8 aromatic carbocycles. The fourth-order valence-electron chi connectivity index (χ4n) is 18.3. The second-order valence-corrected chi connectivity index (χ2v) is 34.4. The monoisotopic (exact) mass is 1470 g/mol. The number of nitrogens with one attached hydrogen (secondary N) is 4. The summed E-state index contributed by atoms with van der Waals surface area (Å²) in [6, 6.07) is 53.9. The van der Waals surface area contributed by atoms with Gasteiger partial charge in [-0.1, -0.05) is 343 Å². The third-order valence-electron chi connectivity index (χ3n) is 23.8. The first-order chi connectivity index (χ1) is 51.7. The summed E-state index contributed by atoms with van der Waals surface area (Å²) in [6.45, 7) is 25.4. The molecule has 0 bridgehead atoms. The number of hydrogen-bond acceptors (Lipinski definition) is 8. The first kappa shape index (κ1) is 84.5. The van der Waals surface area contributed by atoms with Gasteiger partial charge in [-0.05, 0) is 166 Å². The van der Waals surface area contributed by atoms with E-state index in [2.05, 4.69) is 141 Å². The van der Waals surface area contributed by atoms with E-state index in [0.29, 0.717) is 77.0 Å². The smallest absolute Gasteiger partial charge is 0.236 e. The molecule has 2 aliphatic carbocycles. The zero-order valence-electron chi connectivity index (χ0n) is 67.6. The molecular formula is C96H132N4O8. The predicted molar refractivity (Wildman–Crippen MR) is 446 cm³/mol. The number of aliphatic hydroxyl groups is 4. The largest absolute Gasteiger partial charge is 0.387 e. The Hall–Kier alpha value is -7.48. The van der Waals surface area contributed by atoms with Gasteiger partial charge in [-0.3, -0.25) is 19.2 Å². The Labute approximate surface area is 647 Å². The maximum atomic E-state index is 15.1. The van der Waals surface area contributed by atoms with Crippen LogP contribution in [0.3, 0.4) is 0 Å². The lowest BCUT2D eigenvalue weighted by molar-refractivity contribution is -0.155. The van der Waals surface area contributed by atoms with E-state index in [0.717, 1.165) is 155 Å². The van der Waals surface area contributed by atoms with Crippen LogP contribution in [-0.4, -0.2) is 66.5 Å². The molecule has 8 N–H and O–H groups in total. The van der Waals surface area contributed by atoms with Gasteiger partial charge in [0, 0.05) is 0 Å². The third-order valence-corrected chi connectivity index (χ3v) is 23.8. The van der Waals surface area contributed by atoms with Crippen LogP contribution in [0.1, 0.15) is 296 Å². The summed E-state index contributed by atoms with van der Waals surface area (Å²) in [6.07, 6.45) is 18.8. The summed E-state index contributed by atoms with van der Waals surface area (Å²) >= 11 is 0. The van der Waals surface area contributed by atoms with E-state index >= 15 is 9.59 Å². The molecule has 0 spiro atoms. The minimum Gasteiger partial charge on any atom is -0.387 e. The molecule has 0 saturated heterocycles. The molecule has 108 heavy (non-hydrogen) atoms. The summed E-state index contributed by atoms with van der Waals surface area (Å²) in [7, 11) is 0. The SMILES string of the molecule is CC(C)CC(O)(CC(C)C)[C@@H](NC(=O)C1(C(=O)N[C@@H](c2cccc3ccccc23)C(O)(CC(C)C)CC(C)C)CCC1)c1cccc2ccccc12.CCCCCC(O)(CCCCC)[C@@H](NC(=O)C1(C(=O)N[C@@H](c2cccc3ccccc23)C(O)(CCCCC)CCCCC)CCC1)c1cccc2ccccc12. The molecule has 10 rings (SSSR count). The number of rotatable bonds is 40. The van der Waals surface area contributed by atoms with Crippen LogP contribution >= 0.6 is 0 Å².